The van der Waals surface area contributed by atoms with Gasteiger partial charge >= 0.3 is 0 Å². The summed E-state index contributed by atoms with van der Waals surface area (Å²) in [6.45, 7) is 7.16. The zero-order valence-corrected chi connectivity index (χ0v) is 14.8. The summed E-state index contributed by atoms with van der Waals surface area (Å²) < 4.78 is 1.61. The number of piperazine rings is 1. The predicted molar refractivity (Wildman–Crippen MR) is 94.1 cm³/mol. The van der Waals surface area contributed by atoms with Crippen LogP contribution < -0.4 is 10.9 Å². The van der Waals surface area contributed by atoms with E-state index in [0.717, 1.165) is 39.1 Å². The van der Waals surface area contributed by atoms with Gasteiger partial charge in [0.25, 0.3) is 5.56 Å². The molecule has 9 heteroatoms. The molecule has 25 heavy (non-hydrogen) atoms. The van der Waals surface area contributed by atoms with Crippen LogP contribution in [0.15, 0.2) is 11.0 Å². The largest absolute Gasteiger partial charge is 0.355 e. The average molecular weight is 347 g/mol. The molecule has 3 rings (SSSR count). The Morgan fingerprint density at radius 1 is 1.28 bits per heavy atom. The first-order valence-electron chi connectivity index (χ1n) is 8.69. The van der Waals surface area contributed by atoms with Crippen molar-refractivity contribution in [3.8, 4) is 0 Å². The summed E-state index contributed by atoms with van der Waals surface area (Å²) in [5.74, 6) is 0.734. The minimum Gasteiger partial charge on any atom is -0.355 e. The molecule has 3 heterocycles. The minimum absolute atomic E-state index is 0.0861. The number of aromatic amines is 1. The Hall–Kier alpha value is -2.26. The molecule has 1 aliphatic heterocycles. The number of rotatable bonds is 6. The van der Waals surface area contributed by atoms with Gasteiger partial charge in [-0.05, 0) is 6.42 Å². The first kappa shape index (κ1) is 17.6. The lowest BCUT2D eigenvalue weighted by molar-refractivity contribution is -0.122. The van der Waals surface area contributed by atoms with Crippen molar-refractivity contribution in [2.75, 3.05) is 39.3 Å². The fraction of sp³-hybridized carbons (Fsp3) is 0.625. The van der Waals surface area contributed by atoms with Crippen LogP contribution >= 0.6 is 0 Å². The maximum Gasteiger partial charge on any atom is 0.262 e. The Labute approximate surface area is 146 Å². The molecule has 2 N–H and O–H groups in total. The van der Waals surface area contributed by atoms with E-state index >= 15 is 0 Å². The summed E-state index contributed by atoms with van der Waals surface area (Å²) in [7, 11) is 1.78. The zero-order chi connectivity index (χ0) is 17.8. The number of fused-ring (bicyclic) bond motifs is 1. The van der Waals surface area contributed by atoms with E-state index in [2.05, 4.69) is 30.2 Å². The van der Waals surface area contributed by atoms with Gasteiger partial charge in [-0.15, -0.1) is 0 Å². The smallest absolute Gasteiger partial charge is 0.262 e. The Bertz CT molecular complexity index is 789. The molecule has 136 valence electrons. The van der Waals surface area contributed by atoms with Crippen molar-refractivity contribution >= 4 is 16.9 Å². The monoisotopic (exact) mass is 347 g/mol. The molecule has 0 aromatic carbocycles. The molecule has 0 unspecified atom stereocenters. The first-order valence-corrected chi connectivity index (χ1v) is 8.69. The van der Waals surface area contributed by atoms with E-state index in [1.54, 1.807) is 11.7 Å². The number of nitrogens with zero attached hydrogens (tertiary/aromatic N) is 5. The first-order chi connectivity index (χ1) is 12.1. The second kappa shape index (κ2) is 7.75. The molecule has 0 bridgehead atoms. The third-order valence-electron chi connectivity index (χ3n) is 4.43. The van der Waals surface area contributed by atoms with Crippen molar-refractivity contribution in [2.24, 2.45) is 7.05 Å². The highest BCUT2D eigenvalue weighted by atomic mass is 16.2. The molecule has 0 radical (unpaired) electrons. The standard InChI is InChI=1S/C16H25N7O2/c1-3-4-17-14(24)11-23-7-5-22(6-8-23)10-13-19-15-12(16(25)20-13)9-18-21(15)2/h9H,3-8,10-11H2,1-2H3,(H,17,24)(H,19,20,25). The number of hydrogen-bond donors (Lipinski definition) is 2. The number of carbonyl (C=O) groups is 1. The van der Waals surface area contributed by atoms with Crippen molar-refractivity contribution < 1.29 is 4.79 Å². The van der Waals surface area contributed by atoms with Crippen LogP contribution in [0.4, 0.5) is 0 Å². The quantitative estimate of drug-likeness (QED) is 0.717. The molecule has 9 nitrogen and oxygen atoms in total. The van der Waals surface area contributed by atoms with Gasteiger partial charge in [-0.2, -0.15) is 5.10 Å². The Kier molecular flexibility index (Phi) is 5.44. The highest BCUT2D eigenvalue weighted by Gasteiger charge is 2.20. The van der Waals surface area contributed by atoms with Crippen molar-refractivity contribution in [1.29, 1.82) is 0 Å². The van der Waals surface area contributed by atoms with Crippen LogP contribution in [0.25, 0.3) is 11.0 Å². The molecule has 1 saturated heterocycles. The maximum absolute atomic E-state index is 12.1. The summed E-state index contributed by atoms with van der Waals surface area (Å²) in [6, 6.07) is 0. The molecule has 0 aliphatic carbocycles. The molecule has 0 spiro atoms. The minimum atomic E-state index is -0.153. The molecule has 2 aromatic rings. The lowest BCUT2D eigenvalue weighted by Crippen LogP contribution is -2.49. The number of hydrogen-bond acceptors (Lipinski definition) is 6. The van der Waals surface area contributed by atoms with Gasteiger partial charge in [-0.25, -0.2) is 4.98 Å². The van der Waals surface area contributed by atoms with Gasteiger partial charge < -0.3 is 10.3 Å². The molecular formula is C16H25N7O2. The number of nitrogens with one attached hydrogen (secondary N) is 2. The Balaban J connectivity index is 1.55. The lowest BCUT2D eigenvalue weighted by Gasteiger charge is -2.33. The maximum atomic E-state index is 12.1. The van der Waals surface area contributed by atoms with E-state index in [4.69, 9.17) is 0 Å². The number of aryl methyl sites for hydroxylation is 1. The lowest BCUT2D eigenvalue weighted by atomic mass is 10.3. The van der Waals surface area contributed by atoms with Gasteiger partial charge in [0.1, 0.15) is 11.2 Å². The van der Waals surface area contributed by atoms with Crippen LogP contribution in [-0.2, 0) is 18.4 Å². The summed E-state index contributed by atoms with van der Waals surface area (Å²) in [6.07, 6.45) is 2.49. The zero-order valence-electron chi connectivity index (χ0n) is 14.8. The fourth-order valence-electron chi connectivity index (χ4n) is 2.99. The molecule has 0 atom stereocenters. The summed E-state index contributed by atoms with van der Waals surface area (Å²) >= 11 is 0. The van der Waals surface area contributed by atoms with Crippen LogP contribution in [0.1, 0.15) is 19.2 Å². The number of carbonyl (C=O) groups excluding carboxylic acids is 1. The summed E-state index contributed by atoms with van der Waals surface area (Å²) in [5, 5.41) is 7.49. The molecule has 1 amide bonds. The van der Waals surface area contributed by atoms with Gasteiger partial charge in [0.2, 0.25) is 5.91 Å². The van der Waals surface area contributed by atoms with Gasteiger partial charge in [0, 0.05) is 39.8 Å². The van der Waals surface area contributed by atoms with E-state index in [1.165, 1.54) is 6.20 Å². The van der Waals surface area contributed by atoms with Crippen LogP contribution in [0, 0.1) is 0 Å². The van der Waals surface area contributed by atoms with E-state index in [9.17, 15) is 9.59 Å². The van der Waals surface area contributed by atoms with Gasteiger partial charge in [-0.1, -0.05) is 6.92 Å². The number of H-pyrrole nitrogens is 1. The van der Waals surface area contributed by atoms with Gasteiger partial charge in [0.05, 0.1) is 19.3 Å². The normalized spacial score (nSPS) is 16.4. The predicted octanol–water partition coefficient (Wildman–Crippen LogP) is -0.700. The van der Waals surface area contributed by atoms with Crippen molar-refractivity contribution in [3.63, 3.8) is 0 Å². The van der Waals surface area contributed by atoms with E-state index in [0.29, 0.717) is 29.9 Å². The summed E-state index contributed by atoms with van der Waals surface area (Å²) in [4.78, 5) is 35.6. The molecule has 1 aliphatic rings. The Morgan fingerprint density at radius 2 is 2.00 bits per heavy atom. The van der Waals surface area contributed by atoms with Gasteiger partial charge in [-0.3, -0.25) is 24.1 Å². The number of aromatic nitrogens is 4. The molecule has 2 aromatic heterocycles. The second-order valence-corrected chi connectivity index (χ2v) is 6.42. The average Bonchev–Trinajstić information content (AvgIpc) is 2.96. The fourth-order valence-corrected chi connectivity index (χ4v) is 2.99. The third kappa shape index (κ3) is 4.23. The van der Waals surface area contributed by atoms with E-state index in [-0.39, 0.29) is 11.5 Å². The molecule has 0 saturated carbocycles. The highest BCUT2D eigenvalue weighted by molar-refractivity contribution is 5.78. The third-order valence-corrected chi connectivity index (χ3v) is 4.43. The van der Waals surface area contributed by atoms with Crippen LogP contribution in [0.3, 0.4) is 0 Å². The van der Waals surface area contributed by atoms with Crippen LogP contribution in [0.5, 0.6) is 0 Å². The highest BCUT2D eigenvalue weighted by Crippen LogP contribution is 2.08. The van der Waals surface area contributed by atoms with Gasteiger partial charge in [0.15, 0.2) is 5.65 Å². The number of amides is 1. The van der Waals surface area contributed by atoms with Crippen molar-refractivity contribution in [3.05, 3.63) is 22.4 Å². The summed E-state index contributed by atoms with van der Waals surface area (Å²) in [5.41, 5.74) is 0.448. The van der Waals surface area contributed by atoms with Crippen molar-refractivity contribution in [1.82, 2.24) is 34.9 Å². The Morgan fingerprint density at radius 3 is 2.72 bits per heavy atom. The SMILES string of the molecule is CCCNC(=O)CN1CCN(Cc2nc3c(cnn3C)c(=O)[nH]2)CC1. The van der Waals surface area contributed by atoms with E-state index < -0.39 is 0 Å². The second-order valence-electron chi connectivity index (χ2n) is 6.42. The molecular weight excluding hydrogens is 322 g/mol. The van der Waals surface area contributed by atoms with E-state index in [1.807, 2.05) is 6.92 Å². The topological polar surface area (TPSA) is 99.2 Å². The van der Waals surface area contributed by atoms with Crippen LogP contribution in [-0.4, -0.2) is 74.7 Å². The van der Waals surface area contributed by atoms with Crippen molar-refractivity contribution in [2.45, 2.75) is 19.9 Å². The molecule has 1 fully saturated rings. The van der Waals surface area contributed by atoms with Crippen LogP contribution in [0.2, 0.25) is 0 Å².